The molecule has 2 N–H and O–H groups in total. The van der Waals surface area contributed by atoms with Crippen LogP contribution >= 0.6 is 0 Å². The molecule has 0 saturated carbocycles. The Morgan fingerprint density at radius 2 is 1.60 bits per heavy atom. The number of carbonyl (C=O) groups is 2. The number of benzene rings is 3. The molecule has 0 saturated heterocycles. The van der Waals surface area contributed by atoms with Crippen LogP contribution in [0.15, 0.2) is 89.5 Å². The first-order valence-electron chi connectivity index (χ1n) is 13.3. The quantitative estimate of drug-likeness (QED) is 0.214. The fourth-order valence-electron chi connectivity index (χ4n) is 4.18. The largest absolute Gasteiger partial charge is 0.496 e. The summed E-state index contributed by atoms with van der Waals surface area (Å²) in [6.45, 7) is 5.80. The molecule has 208 valence electrons. The molecule has 40 heavy (non-hydrogen) atoms. The minimum atomic E-state index is -0.583. The second kappa shape index (κ2) is 13.0. The Labute approximate surface area is 234 Å². The summed E-state index contributed by atoms with van der Waals surface area (Å²) >= 11 is 0. The van der Waals surface area contributed by atoms with E-state index in [-0.39, 0.29) is 5.91 Å². The van der Waals surface area contributed by atoms with Crippen molar-refractivity contribution in [1.82, 2.24) is 15.6 Å². The zero-order chi connectivity index (χ0) is 28.5. The summed E-state index contributed by atoms with van der Waals surface area (Å²) in [5.74, 6) is 1.12. The Hall–Kier alpha value is -4.59. The van der Waals surface area contributed by atoms with E-state index >= 15 is 0 Å². The minimum Gasteiger partial charge on any atom is -0.496 e. The minimum absolute atomic E-state index is 0.320. The summed E-state index contributed by atoms with van der Waals surface area (Å²) in [5.41, 5.74) is 2.59. The van der Waals surface area contributed by atoms with Crippen molar-refractivity contribution in [3.8, 4) is 28.2 Å². The Balaban J connectivity index is 1.54. The van der Waals surface area contributed by atoms with E-state index in [4.69, 9.17) is 13.9 Å². The van der Waals surface area contributed by atoms with Gasteiger partial charge in [-0.2, -0.15) is 0 Å². The molecule has 0 aliphatic heterocycles. The average Bonchev–Trinajstić information content (AvgIpc) is 3.44. The molecular formula is C32H35N3O5. The van der Waals surface area contributed by atoms with E-state index < -0.39 is 17.7 Å². The molecule has 0 fully saturated rings. The highest BCUT2D eigenvalue weighted by molar-refractivity contribution is 5.98. The van der Waals surface area contributed by atoms with E-state index in [1.54, 1.807) is 12.3 Å². The highest BCUT2D eigenvalue weighted by Crippen LogP contribution is 2.29. The fourth-order valence-corrected chi connectivity index (χ4v) is 4.18. The van der Waals surface area contributed by atoms with Crippen molar-refractivity contribution in [3.63, 3.8) is 0 Å². The van der Waals surface area contributed by atoms with Gasteiger partial charge in [-0.1, -0.05) is 66.7 Å². The number of nitrogens with one attached hydrogen (secondary N) is 2. The fraction of sp³-hybridized carbons (Fsp3) is 0.281. The molecule has 0 spiro atoms. The third-order valence-electron chi connectivity index (χ3n) is 6.07. The number of rotatable bonds is 10. The SMILES string of the molecule is COc1ccc(-c2ccccc2)cc1C(=O)N[C@@H](CCCNC(=O)OC(C)(C)C)c1ncc(-c2ccccc2)o1. The van der Waals surface area contributed by atoms with Crippen LogP contribution in [0.4, 0.5) is 4.79 Å². The van der Waals surface area contributed by atoms with Crippen molar-refractivity contribution in [1.29, 1.82) is 0 Å². The molecule has 1 heterocycles. The van der Waals surface area contributed by atoms with Gasteiger partial charge in [0, 0.05) is 12.1 Å². The zero-order valence-corrected chi connectivity index (χ0v) is 23.3. The van der Waals surface area contributed by atoms with E-state index in [0.29, 0.717) is 42.4 Å². The number of carbonyl (C=O) groups excluding carboxylic acids is 2. The maximum atomic E-state index is 13.6. The summed E-state index contributed by atoms with van der Waals surface area (Å²) in [5, 5.41) is 5.84. The molecule has 0 aliphatic rings. The van der Waals surface area contributed by atoms with Gasteiger partial charge in [0.25, 0.3) is 5.91 Å². The van der Waals surface area contributed by atoms with Gasteiger partial charge in [-0.15, -0.1) is 0 Å². The molecule has 1 atom stereocenters. The smallest absolute Gasteiger partial charge is 0.407 e. The number of hydrogen-bond donors (Lipinski definition) is 2. The Morgan fingerprint density at radius 3 is 2.25 bits per heavy atom. The second-order valence-corrected chi connectivity index (χ2v) is 10.3. The maximum Gasteiger partial charge on any atom is 0.407 e. The standard InChI is InChI=1S/C32H35N3O5/c1-32(2,3)40-31(37)33-19-11-16-26(30-34-21-28(39-30)23-14-9-6-10-15-23)35-29(36)25-20-24(17-18-27(25)38-4)22-12-7-5-8-13-22/h5-10,12-15,17-18,20-21,26H,11,16,19H2,1-4H3,(H,33,37)(H,35,36)/t26-/m0/s1. The van der Waals surface area contributed by atoms with Crippen molar-refractivity contribution in [3.05, 3.63) is 96.5 Å². The number of methoxy groups -OCH3 is 1. The molecule has 0 radical (unpaired) electrons. The van der Waals surface area contributed by atoms with Crippen LogP contribution in [-0.4, -0.2) is 36.2 Å². The lowest BCUT2D eigenvalue weighted by atomic mass is 10.0. The molecule has 4 rings (SSSR count). The third kappa shape index (κ3) is 7.72. The first kappa shape index (κ1) is 28.4. The number of hydrogen-bond acceptors (Lipinski definition) is 6. The van der Waals surface area contributed by atoms with Gasteiger partial charge >= 0.3 is 6.09 Å². The van der Waals surface area contributed by atoms with Crippen LogP contribution in [0.3, 0.4) is 0 Å². The van der Waals surface area contributed by atoms with Gasteiger partial charge < -0.3 is 24.5 Å². The van der Waals surface area contributed by atoms with Crippen LogP contribution in [-0.2, 0) is 4.74 Å². The normalized spacial score (nSPS) is 11.9. The molecular weight excluding hydrogens is 506 g/mol. The first-order chi connectivity index (χ1) is 19.2. The van der Waals surface area contributed by atoms with Gasteiger partial charge in [-0.05, 0) is 56.9 Å². The van der Waals surface area contributed by atoms with Crippen molar-refractivity contribution in [2.24, 2.45) is 0 Å². The van der Waals surface area contributed by atoms with E-state index in [1.165, 1.54) is 7.11 Å². The molecule has 3 aromatic carbocycles. The van der Waals surface area contributed by atoms with Gasteiger partial charge in [0.1, 0.15) is 17.4 Å². The maximum absolute atomic E-state index is 13.6. The van der Waals surface area contributed by atoms with E-state index in [0.717, 1.165) is 16.7 Å². The molecule has 2 amide bonds. The molecule has 8 nitrogen and oxygen atoms in total. The summed E-state index contributed by atoms with van der Waals surface area (Å²) in [7, 11) is 1.54. The van der Waals surface area contributed by atoms with Crippen molar-refractivity contribution in [2.75, 3.05) is 13.7 Å². The molecule has 8 heteroatoms. The van der Waals surface area contributed by atoms with Crippen LogP contribution in [0.5, 0.6) is 5.75 Å². The molecule has 0 aliphatic carbocycles. The predicted molar refractivity (Wildman–Crippen MR) is 154 cm³/mol. The van der Waals surface area contributed by atoms with Gasteiger partial charge in [0.05, 0.1) is 18.9 Å². The number of alkyl carbamates (subject to hydrolysis) is 1. The summed E-state index contributed by atoms with van der Waals surface area (Å²) in [6, 6.07) is 24.4. The van der Waals surface area contributed by atoms with E-state index in [2.05, 4.69) is 15.6 Å². The molecule has 0 bridgehead atoms. The van der Waals surface area contributed by atoms with Gasteiger partial charge in [-0.25, -0.2) is 9.78 Å². The molecule has 1 aromatic heterocycles. The predicted octanol–water partition coefficient (Wildman–Crippen LogP) is 6.79. The van der Waals surface area contributed by atoms with E-state index in [9.17, 15) is 9.59 Å². The van der Waals surface area contributed by atoms with Gasteiger partial charge in [-0.3, -0.25) is 4.79 Å². The highest BCUT2D eigenvalue weighted by atomic mass is 16.6. The number of amides is 2. The van der Waals surface area contributed by atoms with Crippen LogP contribution in [0.25, 0.3) is 22.5 Å². The third-order valence-corrected chi connectivity index (χ3v) is 6.07. The van der Waals surface area contributed by atoms with Crippen LogP contribution in [0, 0.1) is 0 Å². The number of aromatic nitrogens is 1. The average molecular weight is 542 g/mol. The van der Waals surface area contributed by atoms with Crippen molar-refractivity contribution >= 4 is 12.0 Å². The number of ether oxygens (including phenoxy) is 2. The Morgan fingerprint density at radius 1 is 0.925 bits per heavy atom. The monoisotopic (exact) mass is 541 g/mol. The van der Waals surface area contributed by atoms with Gasteiger partial charge in [0.15, 0.2) is 5.76 Å². The van der Waals surface area contributed by atoms with Crippen LogP contribution < -0.4 is 15.4 Å². The van der Waals surface area contributed by atoms with Crippen molar-refractivity contribution < 1.29 is 23.5 Å². The zero-order valence-electron chi connectivity index (χ0n) is 23.3. The Kier molecular flexibility index (Phi) is 9.22. The van der Waals surface area contributed by atoms with Crippen molar-refractivity contribution in [2.45, 2.75) is 45.3 Å². The van der Waals surface area contributed by atoms with Crippen LogP contribution in [0.1, 0.15) is 55.9 Å². The lowest BCUT2D eigenvalue weighted by Gasteiger charge is -2.20. The summed E-state index contributed by atoms with van der Waals surface area (Å²) in [4.78, 5) is 30.2. The summed E-state index contributed by atoms with van der Waals surface area (Å²) in [6.07, 6.45) is 2.18. The van der Waals surface area contributed by atoms with Gasteiger partial charge in [0.2, 0.25) is 5.89 Å². The number of nitrogens with zero attached hydrogens (tertiary/aromatic N) is 1. The first-order valence-corrected chi connectivity index (χ1v) is 13.3. The Bertz CT molecular complexity index is 1410. The lowest BCUT2D eigenvalue weighted by molar-refractivity contribution is 0.0525. The lowest BCUT2D eigenvalue weighted by Crippen LogP contribution is -2.34. The number of oxazole rings is 1. The van der Waals surface area contributed by atoms with E-state index in [1.807, 2.05) is 93.6 Å². The topological polar surface area (TPSA) is 103 Å². The molecule has 4 aromatic rings. The highest BCUT2D eigenvalue weighted by Gasteiger charge is 2.24. The molecule has 0 unspecified atom stereocenters. The second-order valence-electron chi connectivity index (χ2n) is 10.3. The summed E-state index contributed by atoms with van der Waals surface area (Å²) < 4.78 is 16.9. The van der Waals surface area contributed by atoms with Crippen LogP contribution in [0.2, 0.25) is 0 Å².